The molecule has 1 N–H and O–H groups in total. The summed E-state index contributed by atoms with van der Waals surface area (Å²) in [6.07, 6.45) is 9.32. The van der Waals surface area contributed by atoms with Crippen molar-refractivity contribution in [3.63, 3.8) is 0 Å². The molecule has 1 aromatic heterocycles. The number of ether oxygens (including phenoxy) is 1. The van der Waals surface area contributed by atoms with Crippen LogP contribution in [0.1, 0.15) is 32.6 Å². The summed E-state index contributed by atoms with van der Waals surface area (Å²) in [6.45, 7) is 3.85. The molecule has 1 aliphatic rings. The van der Waals surface area contributed by atoms with Crippen molar-refractivity contribution in [3.05, 3.63) is 12.4 Å². The molecular formula is C13H23N3O. The summed E-state index contributed by atoms with van der Waals surface area (Å²) < 4.78 is 7.22. The fourth-order valence-electron chi connectivity index (χ4n) is 2.60. The van der Waals surface area contributed by atoms with Gasteiger partial charge in [0.1, 0.15) is 0 Å². The van der Waals surface area contributed by atoms with Crippen molar-refractivity contribution in [3.8, 4) is 0 Å². The van der Waals surface area contributed by atoms with Crippen LogP contribution in [0.25, 0.3) is 0 Å². The van der Waals surface area contributed by atoms with E-state index in [2.05, 4.69) is 21.8 Å². The first-order chi connectivity index (χ1) is 8.31. The average molecular weight is 237 g/mol. The Hall–Kier alpha value is -1.03. The zero-order valence-corrected chi connectivity index (χ0v) is 10.9. The monoisotopic (exact) mass is 237 g/mol. The van der Waals surface area contributed by atoms with Crippen LogP contribution in [0.4, 0.5) is 5.95 Å². The van der Waals surface area contributed by atoms with Crippen molar-refractivity contribution in [2.45, 2.75) is 45.2 Å². The number of anilines is 1. The molecule has 0 aromatic carbocycles. The van der Waals surface area contributed by atoms with Gasteiger partial charge in [-0.1, -0.05) is 12.8 Å². The Balaban J connectivity index is 1.90. The average Bonchev–Trinajstić information content (AvgIpc) is 2.97. The first kappa shape index (κ1) is 12.4. The highest BCUT2D eigenvalue weighted by Gasteiger charge is 2.22. The Labute approximate surface area is 103 Å². The second kappa shape index (κ2) is 6.05. The molecule has 0 amide bonds. The van der Waals surface area contributed by atoms with Crippen LogP contribution in [0.15, 0.2) is 12.4 Å². The zero-order chi connectivity index (χ0) is 12.1. The van der Waals surface area contributed by atoms with Crippen LogP contribution in [0.2, 0.25) is 0 Å². The normalized spacial score (nSPS) is 18.5. The molecule has 4 nitrogen and oxygen atoms in total. The van der Waals surface area contributed by atoms with Gasteiger partial charge in [0.05, 0.1) is 6.61 Å². The van der Waals surface area contributed by atoms with Crippen LogP contribution in [0.5, 0.6) is 0 Å². The molecule has 1 saturated carbocycles. The summed E-state index contributed by atoms with van der Waals surface area (Å²) >= 11 is 0. The second-order valence-corrected chi connectivity index (χ2v) is 4.91. The van der Waals surface area contributed by atoms with Gasteiger partial charge in [0.25, 0.3) is 0 Å². The van der Waals surface area contributed by atoms with E-state index < -0.39 is 0 Å². The molecule has 0 spiro atoms. The van der Waals surface area contributed by atoms with Crippen LogP contribution >= 0.6 is 0 Å². The number of hydrogen-bond acceptors (Lipinski definition) is 3. The quantitative estimate of drug-likeness (QED) is 0.826. The van der Waals surface area contributed by atoms with Gasteiger partial charge in [-0.25, -0.2) is 4.98 Å². The molecule has 96 valence electrons. The minimum absolute atomic E-state index is 0.515. The maximum Gasteiger partial charge on any atom is 0.203 e. The Morgan fingerprint density at radius 1 is 1.53 bits per heavy atom. The summed E-state index contributed by atoms with van der Waals surface area (Å²) in [5, 5.41) is 3.54. The molecule has 1 aliphatic carbocycles. The van der Waals surface area contributed by atoms with E-state index in [1.807, 2.05) is 12.4 Å². The van der Waals surface area contributed by atoms with Crippen LogP contribution in [-0.2, 0) is 11.3 Å². The zero-order valence-electron chi connectivity index (χ0n) is 10.9. The van der Waals surface area contributed by atoms with E-state index in [9.17, 15) is 0 Å². The lowest BCUT2D eigenvalue weighted by Gasteiger charge is -2.21. The molecule has 0 saturated heterocycles. The summed E-state index contributed by atoms with van der Waals surface area (Å²) in [7, 11) is 1.73. The van der Waals surface area contributed by atoms with Crippen molar-refractivity contribution < 1.29 is 4.74 Å². The van der Waals surface area contributed by atoms with E-state index in [0.717, 1.165) is 25.0 Å². The molecule has 2 rings (SSSR count). The predicted molar refractivity (Wildman–Crippen MR) is 69.1 cm³/mol. The minimum atomic E-state index is 0.515. The lowest BCUT2D eigenvalue weighted by molar-refractivity contribution is 0.187. The molecular weight excluding hydrogens is 214 g/mol. The fourth-order valence-corrected chi connectivity index (χ4v) is 2.60. The lowest BCUT2D eigenvalue weighted by Crippen LogP contribution is -2.26. The van der Waals surface area contributed by atoms with Crippen molar-refractivity contribution in [2.24, 2.45) is 5.92 Å². The Morgan fingerprint density at radius 3 is 3.00 bits per heavy atom. The molecule has 4 heteroatoms. The van der Waals surface area contributed by atoms with E-state index in [1.54, 1.807) is 7.11 Å². The van der Waals surface area contributed by atoms with Gasteiger partial charge in [-0.3, -0.25) is 0 Å². The number of aromatic nitrogens is 2. The molecule has 1 unspecified atom stereocenters. The third kappa shape index (κ3) is 3.22. The van der Waals surface area contributed by atoms with Gasteiger partial charge in [0, 0.05) is 32.1 Å². The molecule has 0 bridgehead atoms. The highest BCUT2D eigenvalue weighted by atomic mass is 16.5. The number of hydrogen-bond donors (Lipinski definition) is 1. The first-order valence-corrected chi connectivity index (χ1v) is 6.58. The second-order valence-electron chi connectivity index (χ2n) is 4.91. The number of methoxy groups -OCH3 is 1. The van der Waals surface area contributed by atoms with Crippen LogP contribution in [0, 0.1) is 5.92 Å². The van der Waals surface area contributed by atoms with Gasteiger partial charge in [-0.2, -0.15) is 0 Å². The van der Waals surface area contributed by atoms with Crippen molar-refractivity contribution in [1.82, 2.24) is 9.55 Å². The van der Waals surface area contributed by atoms with E-state index in [0.29, 0.717) is 6.04 Å². The largest absolute Gasteiger partial charge is 0.383 e. The first-order valence-electron chi connectivity index (χ1n) is 6.58. The van der Waals surface area contributed by atoms with Gasteiger partial charge >= 0.3 is 0 Å². The van der Waals surface area contributed by atoms with Crippen LogP contribution in [-0.4, -0.2) is 29.3 Å². The molecule has 1 aromatic rings. The predicted octanol–water partition coefficient (Wildman–Crippen LogP) is 2.52. The molecule has 1 fully saturated rings. The number of nitrogens with one attached hydrogen (secondary N) is 1. The SMILES string of the molecule is COCCn1ccnc1NC(C)C1CCCC1. The van der Waals surface area contributed by atoms with E-state index in [4.69, 9.17) is 4.74 Å². The summed E-state index contributed by atoms with van der Waals surface area (Å²) in [5.74, 6) is 1.78. The highest BCUT2D eigenvalue weighted by Crippen LogP contribution is 2.28. The maximum absolute atomic E-state index is 5.10. The maximum atomic E-state index is 5.10. The Morgan fingerprint density at radius 2 is 2.29 bits per heavy atom. The molecule has 1 atom stereocenters. The number of imidazole rings is 1. The Kier molecular flexibility index (Phi) is 4.42. The van der Waals surface area contributed by atoms with Gasteiger partial charge in [0.15, 0.2) is 0 Å². The third-order valence-corrected chi connectivity index (χ3v) is 3.72. The number of nitrogens with zero attached hydrogens (tertiary/aromatic N) is 2. The van der Waals surface area contributed by atoms with Crippen molar-refractivity contribution >= 4 is 5.95 Å². The smallest absolute Gasteiger partial charge is 0.203 e. The number of rotatable bonds is 6. The lowest BCUT2D eigenvalue weighted by atomic mass is 10.0. The van der Waals surface area contributed by atoms with Gasteiger partial charge in [0.2, 0.25) is 5.95 Å². The molecule has 0 aliphatic heterocycles. The minimum Gasteiger partial charge on any atom is -0.383 e. The van der Waals surface area contributed by atoms with Gasteiger partial charge in [-0.15, -0.1) is 0 Å². The van der Waals surface area contributed by atoms with E-state index in [-0.39, 0.29) is 0 Å². The molecule has 17 heavy (non-hydrogen) atoms. The molecule has 1 heterocycles. The van der Waals surface area contributed by atoms with Crippen LogP contribution < -0.4 is 5.32 Å². The summed E-state index contributed by atoms with van der Waals surface area (Å²) in [6, 6.07) is 0.515. The standard InChI is InChI=1S/C13H23N3O/c1-11(12-5-3-4-6-12)15-13-14-7-8-16(13)9-10-17-2/h7-8,11-12H,3-6,9-10H2,1-2H3,(H,14,15). The van der Waals surface area contributed by atoms with E-state index in [1.165, 1.54) is 25.7 Å². The van der Waals surface area contributed by atoms with Crippen molar-refractivity contribution in [2.75, 3.05) is 19.0 Å². The topological polar surface area (TPSA) is 39.1 Å². The Bertz CT molecular complexity index is 331. The van der Waals surface area contributed by atoms with Crippen LogP contribution in [0.3, 0.4) is 0 Å². The molecule has 0 radical (unpaired) electrons. The highest BCUT2D eigenvalue weighted by molar-refractivity contribution is 5.27. The third-order valence-electron chi connectivity index (χ3n) is 3.72. The van der Waals surface area contributed by atoms with E-state index >= 15 is 0 Å². The van der Waals surface area contributed by atoms with Gasteiger partial charge < -0.3 is 14.6 Å². The fraction of sp³-hybridized carbons (Fsp3) is 0.769. The van der Waals surface area contributed by atoms with Crippen molar-refractivity contribution in [1.29, 1.82) is 0 Å². The summed E-state index contributed by atoms with van der Waals surface area (Å²) in [5.41, 5.74) is 0. The summed E-state index contributed by atoms with van der Waals surface area (Å²) in [4.78, 5) is 4.38. The van der Waals surface area contributed by atoms with Gasteiger partial charge in [-0.05, 0) is 25.7 Å².